The van der Waals surface area contributed by atoms with Gasteiger partial charge >= 0.3 is 0 Å². The number of carbonyl (C=O) groups excluding carboxylic acids is 1. The smallest absolute Gasteiger partial charge is 0.243 e. The van der Waals surface area contributed by atoms with Crippen LogP contribution in [0, 0.1) is 16.1 Å². The maximum Gasteiger partial charge on any atom is 0.243 e. The van der Waals surface area contributed by atoms with Crippen molar-refractivity contribution in [3.05, 3.63) is 22.3 Å². The number of nitrogens with one attached hydrogen (secondary N) is 2. The molecule has 2 aromatic rings. The molecule has 2 fully saturated rings. The lowest BCUT2D eigenvalue weighted by atomic mass is 9.57. The van der Waals surface area contributed by atoms with Gasteiger partial charge in [-0.25, -0.2) is 0 Å². The first-order valence-corrected chi connectivity index (χ1v) is 9.83. The third kappa shape index (κ3) is 2.58. The Morgan fingerprint density at radius 2 is 2.40 bits per heavy atom. The third-order valence-electron chi connectivity index (χ3n) is 5.61. The number of carbonyl (C=O) groups is 1. The first-order chi connectivity index (χ1) is 11.9. The Labute approximate surface area is 155 Å². The van der Waals surface area contributed by atoms with Crippen molar-refractivity contribution in [2.24, 2.45) is 11.3 Å². The van der Waals surface area contributed by atoms with Crippen molar-refractivity contribution in [2.45, 2.75) is 45.4 Å². The number of hydrogen-bond acceptors (Lipinski definition) is 5. The summed E-state index contributed by atoms with van der Waals surface area (Å²) in [5.74, 6) is 1.09. The average Bonchev–Trinajstić information content (AvgIpc) is 3.30. The van der Waals surface area contributed by atoms with Gasteiger partial charge in [0.05, 0.1) is 11.0 Å². The van der Waals surface area contributed by atoms with E-state index in [9.17, 15) is 4.79 Å². The van der Waals surface area contributed by atoms with E-state index in [-0.39, 0.29) is 23.5 Å². The van der Waals surface area contributed by atoms with Gasteiger partial charge in [0.25, 0.3) is 0 Å². The van der Waals surface area contributed by atoms with Crippen LogP contribution < -0.4 is 5.32 Å². The highest BCUT2D eigenvalue weighted by molar-refractivity contribution is 7.71. The van der Waals surface area contributed by atoms with Crippen molar-refractivity contribution in [2.75, 3.05) is 6.61 Å². The van der Waals surface area contributed by atoms with Crippen LogP contribution in [0.25, 0.3) is 10.7 Å². The summed E-state index contributed by atoms with van der Waals surface area (Å²) in [5.41, 5.74) is -0.0367. The van der Waals surface area contributed by atoms with Crippen molar-refractivity contribution in [3.63, 3.8) is 0 Å². The molecule has 2 aromatic heterocycles. The van der Waals surface area contributed by atoms with E-state index in [4.69, 9.17) is 17.0 Å². The Morgan fingerprint density at radius 3 is 3.12 bits per heavy atom. The van der Waals surface area contributed by atoms with Crippen LogP contribution in [0.15, 0.2) is 17.5 Å². The molecule has 0 bridgehead atoms. The van der Waals surface area contributed by atoms with Gasteiger partial charge in [-0.2, -0.15) is 5.10 Å². The Balaban J connectivity index is 1.56. The minimum atomic E-state index is -0.430. The van der Waals surface area contributed by atoms with E-state index in [2.05, 4.69) is 29.4 Å². The molecule has 1 aliphatic carbocycles. The molecule has 1 saturated heterocycles. The number of nitrogens with zero attached hydrogens (tertiary/aromatic N) is 2. The molecule has 4 atom stereocenters. The summed E-state index contributed by atoms with van der Waals surface area (Å²) in [5, 5.41) is 12.4. The molecule has 2 N–H and O–H groups in total. The number of H-pyrrole nitrogens is 1. The maximum absolute atomic E-state index is 12.9. The predicted molar refractivity (Wildman–Crippen MR) is 99.0 cm³/mol. The van der Waals surface area contributed by atoms with Crippen LogP contribution in [0.1, 0.15) is 33.2 Å². The van der Waals surface area contributed by atoms with Crippen LogP contribution in [0.5, 0.6) is 0 Å². The Bertz CT molecular complexity index is 839. The van der Waals surface area contributed by atoms with Gasteiger partial charge < -0.3 is 10.1 Å². The Hall–Kier alpha value is -1.51. The maximum atomic E-state index is 12.9. The standard InChI is InChI=1S/C17H22N4O2S2/c1-9(21-14(19-20-16(21)24)11-5-4-8-25-11)15(22)18-12-10-6-7-23-13(10)17(12,2)3/h4-5,8-10,12-13H,6-7H2,1-3H3,(H,18,22)(H,20,24)/t9-,10+,12-,13-/m1/s1. The second-order valence-corrected chi connectivity index (χ2v) is 8.76. The number of fused-ring (bicyclic) bond motifs is 1. The minimum Gasteiger partial charge on any atom is -0.377 e. The van der Waals surface area contributed by atoms with Crippen molar-refractivity contribution >= 4 is 29.5 Å². The highest BCUT2D eigenvalue weighted by Crippen LogP contribution is 2.52. The molecule has 1 aliphatic heterocycles. The highest BCUT2D eigenvalue weighted by atomic mass is 32.1. The van der Waals surface area contributed by atoms with E-state index in [1.807, 2.05) is 24.4 Å². The van der Waals surface area contributed by atoms with E-state index < -0.39 is 6.04 Å². The second-order valence-electron chi connectivity index (χ2n) is 7.43. The molecule has 8 heteroatoms. The Kier molecular flexibility index (Phi) is 4.09. The van der Waals surface area contributed by atoms with Crippen molar-refractivity contribution < 1.29 is 9.53 Å². The average molecular weight is 379 g/mol. The van der Waals surface area contributed by atoms with Gasteiger partial charge in [0.15, 0.2) is 10.6 Å². The largest absolute Gasteiger partial charge is 0.377 e. The van der Waals surface area contributed by atoms with Crippen LogP contribution in [0.3, 0.4) is 0 Å². The van der Waals surface area contributed by atoms with Gasteiger partial charge in [-0.1, -0.05) is 19.9 Å². The molecule has 1 saturated carbocycles. The zero-order valence-electron chi connectivity index (χ0n) is 14.5. The third-order valence-corrected chi connectivity index (χ3v) is 6.76. The summed E-state index contributed by atoms with van der Waals surface area (Å²) in [7, 11) is 0. The number of aromatic nitrogens is 3. The van der Waals surface area contributed by atoms with Gasteiger partial charge in [-0.15, -0.1) is 11.3 Å². The van der Waals surface area contributed by atoms with E-state index in [0.717, 1.165) is 17.9 Å². The van der Waals surface area contributed by atoms with Crippen LogP contribution in [-0.4, -0.2) is 39.4 Å². The number of amides is 1. The fourth-order valence-electron chi connectivity index (χ4n) is 4.25. The molecule has 6 nitrogen and oxygen atoms in total. The zero-order valence-corrected chi connectivity index (χ0v) is 16.1. The summed E-state index contributed by atoms with van der Waals surface area (Å²) in [6.45, 7) is 6.98. The fraction of sp³-hybridized carbons (Fsp3) is 0.588. The van der Waals surface area contributed by atoms with Crippen LogP contribution >= 0.6 is 23.6 Å². The second kappa shape index (κ2) is 6.03. The molecule has 134 valence electrons. The number of thiophene rings is 1. The molecule has 2 aliphatic rings. The quantitative estimate of drug-likeness (QED) is 0.802. The SMILES string of the molecule is C[C@H](C(=O)N[C@@H]1[C@@H]2CCO[C@H]2C1(C)C)n1c(-c2cccs2)n[nH]c1=S. The van der Waals surface area contributed by atoms with Crippen LogP contribution in [0.2, 0.25) is 0 Å². The van der Waals surface area contributed by atoms with Gasteiger partial charge in [0.2, 0.25) is 5.91 Å². The molecular weight excluding hydrogens is 356 g/mol. The summed E-state index contributed by atoms with van der Waals surface area (Å²) >= 11 is 6.94. The van der Waals surface area contributed by atoms with Gasteiger partial charge in [-0.05, 0) is 37.0 Å². The topological polar surface area (TPSA) is 71.9 Å². The van der Waals surface area contributed by atoms with Crippen molar-refractivity contribution in [1.29, 1.82) is 0 Å². The normalized spacial score (nSPS) is 28.2. The monoisotopic (exact) mass is 378 g/mol. The van der Waals surface area contributed by atoms with Gasteiger partial charge in [0, 0.05) is 24.0 Å². The van der Waals surface area contributed by atoms with Gasteiger partial charge in [-0.3, -0.25) is 14.5 Å². The molecule has 0 spiro atoms. The molecule has 4 rings (SSSR count). The number of hydrogen-bond donors (Lipinski definition) is 2. The van der Waals surface area contributed by atoms with Gasteiger partial charge in [0.1, 0.15) is 6.04 Å². The van der Waals surface area contributed by atoms with E-state index >= 15 is 0 Å². The van der Waals surface area contributed by atoms with E-state index in [1.54, 1.807) is 15.9 Å². The first kappa shape index (κ1) is 16.9. The van der Waals surface area contributed by atoms with Crippen LogP contribution in [-0.2, 0) is 9.53 Å². The predicted octanol–water partition coefficient (Wildman–Crippen LogP) is 3.16. The molecule has 3 heterocycles. The first-order valence-electron chi connectivity index (χ1n) is 8.54. The van der Waals surface area contributed by atoms with Crippen molar-refractivity contribution in [3.8, 4) is 10.7 Å². The Morgan fingerprint density at radius 1 is 1.60 bits per heavy atom. The summed E-state index contributed by atoms with van der Waals surface area (Å²) in [4.78, 5) is 13.9. The molecule has 0 radical (unpaired) electrons. The lowest BCUT2D eigenvalue weighted by Gasteiger charge is -2.54. The molecule has 25 heavy (non-hydrogen) atoms. The number of rotatable bonds is 4. The zero-order chi connectivity index (χ0) is 17.8. The molecule has 1 amide bonds. The summed E-state index contributed by atoms with van der Waals surface area (Å²) in [6, 6.07) is 3.65. The summed E-state index contributed by atoms with van der Waals surface area (Å²) in [6.07, 6.45) is 1.27. The van der Waals surface area contributed by atoms with Crippen molar-refractivity contribution in [1.82, 2.24) is 20.1 Å². The molecular formula is C17H22N4O2S2. The number of ether oxygens (including phenoxy) is 1. The lowest BCUT2D eigenvalue weighted by Crippen LogP contribution is -2.67. The highest BCUT2D eigenvalue weighted by Gasteiger charge is 2.59. The number of aromatic amines is 1. The minimum absolute atomic E-state index is 0.0290. The van der Waals surface area contributed by atoms with Crippen LogP contribution in [0.4, 0.5) is 0 Å². The van der Waals surface area contributed by atoms with E-state index in [1.165, 1.54) is 0 Å². The summed E-state index contributed by atoms with van der Waals surface area (Å²) < 4.78 is 8.07. The molecule has 0 unspecified atom stereocenters. The lowest BCUT2D eigenvalue weighted by molar-refractivity contribution is -0.140. The van der Waals surface area contributed by atoms with E-state index in [0.29, 0.717) is 16.5 Å². The fourth-order valence-corrected chi connectivity index (χ4v) is 5.25. The molecule has 0 aromatic carbocycles.